The van der Waals surface area contributed by atoms with Gasteiger partial charge in [-0.15, -0.1) is 0 Å². The van der Waals surface area contributed by atoms with Crippen molar-refractivity contribution in [2.24, 2.45) is 5.92 Å². The fourth-order valence-electron chi connectivity index (χ4n) is 1.29. The number of nitrogens with zero attached hydrogens (tertiary/aromatic N) is 1. The maximum atomic E-state index is 11.9. The quantitative estimate of drug-likeness (QED) is 0.816. The van der Waals surface area contributed by atoms with Gasteiger partial charge in [-0.05, 0) is 38.8 Å². The summed E-state index contributed by atoms with van der Waals surface area (Å²) in [7, 11) is 0. The number of carbonyl (C=O) groups is 1. The minimum absolute atomic E-state index is 0.110. The van der Waals surface area contributed by atoms with Crippen molar-refractivity contribution in [3.8, 4) is 0 Å². The maximum Gasteiger partial charge on any atom is 0.357 e. The van der Waals surface area contributed by atoms with Gasteiger partial charge in [-0.25, -0.2) is 9.78 Å². The molecule has 1 rings (SSSR count). The van der Waals surface area contributed by atoms with Crippen LogP contribution in [0.25, 0.3) is 0 Å². The molecule has 0 aliphatic heterocycles. The summed E-state index contributed by atoms with van der Waals surface area (Å²) in [6.07, 6.45) is -0.110. The number of carbonyl (C=O) groups excluding carboxylic acids is 1. The van der Waals surface area contributed by atoms with Crippen LogP contribution in [0.5, 0.6) is 0 Å². The van der Waals surface area contributed by atoms with Crippen LogP contribution in [-0.2, 0) is 4.74 Å². The molecule has 0 saturated carbocycles. The van der Waals surface area contributed by atoms with Crippen molar-refractivity contribution in [1.29, 1.82) is 0 Å². The van der Waals surface area contributed by atoms with Crippen molar-refractivity contribution < 1.29 is 9.53 Å². The Labute approximate surface area is 109 Å². The molecule has 0 saturated heterocycles. The van der Waals surface area contributed by atoms with Gasteiger partial charge in [-0.2, -0.15) is 0 Å². The molecular weight excluding hydrogens is 228 g/mol. The van der Waals surface area contributed by atoms with Gasteiger partial charge in [-0.3, -0.25) is 0 Å². The molecule has 18 heavy (non-hydrogen) atoms. The van der Waals surface area contributed by atoms with Crippen molar-refractivity contribution in [3.63, 3.8) is 0 Å². The van der Waals surface area contributed by atoms with Crippen LogP contribution in [-0.4, -0.2) is 23.1 Å². The van der Waals surface area contributed by atoms with E-state index in [4.69, 9.17) is 4.74 Å². The molecule has 1 heterocycles. The van der Waals surface area contributed by atoms with Gasteiger partial charge in [0.05, 0.1) is 0 Å². The summed E-state index contributed by atoms with van der Waals surface area (Å²) in [6.45, 7) is 9.96. The highest BCUT2D eigenvalue weighted by Crippen LogP contribution is 2.11. The average molecular weight is 250 g/mol. The number of esters is 1. The van der Waals surface area contributed by atoms with E-state index >= 15 is 0 Å². The van der Waals surface area contributed by atoms with Gasteiger partial charge < -0.3 is 10.1 Å². The van der Waals surface area contributed by atoms with Gasteiger partial charge >= 0.3 is 5.97 Å². The number of aromatic nitrogens is 1. The summed E-state index contributed by atoms with van der Waals surface area (Å²) in [5, 5.41) is 3.16. The summed E-state index contributed by atoms with van der Waals surface area (Å²) in [6, 6.07) is 5.58. The molecule has 0 aliphatic carbocycles. The minimum Gasteiger partial charge on any atom is -0.458 e. The Morgan fingerprint density at radius 1 is 1.22 bits per heavy atom. The molecule has 1 unspecified atom stereocenters. The average Bonchev–Trinajstić information content (AvgIpc) is 2.28. The van der Waals surface area contributed by atoms with Crippen LogP contribution in [0.15, 0.2) is 18.2 Å². The van der Waals surface area contributed by atoms with E-state index in [9.17, 15) is 4.79 Å². The first kappa shape index (κ1) is 14.5. The highest BCUT2D eigenvalue weighted by molar-refractivity contribution is 5.87. The number of hydrogen-bond donors (Lipinski definition) is 1. The molecule has 1 N–H and O–H groups in total. The molecule has 4 heteroatoms. The zero-order valence-corrected chi connectivity index (χ0v) is 11.7. The van der Waals surface area contributed by atoms with Gasteiger partial charge in [-0.1, -0.05) is 19.9 Å². The van der Waals surface area contributed by atoms with E-state index in [-0.39, 0.29) is 18.1 Å². The van der Waals surface area contributed by atoms with Crippen LogP contribution < -0.4 is 5.32 Å². The first-order valence-corrected chi connectivity index (χ1v) is 6.34. The highest BCUT2D eigenvalue weighted by Gasteiger charge is 2.16. The lowest BCUT2D eigenvalue weighted by Gasteiger charge is -2.16. The monoisotopic (exact) mass is 250 g/mol. The first-order valence-electron chi connectivity index (χ1n) is 6.34. The van der Waals surface area contributed by atoms with Gasteiger partial charge in [0.1, 0.15) is 11.9 Å². The van der Waals surface area contributed by atoms with Gasteiger partial charge in [0.15, 0.2) is 5.69 Å². The van der Waals surface area contributed by atoms with Crippen molar-refractivity contribution in [1.82, 2.24) is 4.98 Å². The first-order chi connectivity index (χ1) is 8.40. The molecule has 0 spiro atoms. The molecule has 1 aromatic rings. The molecule has 1 aromatic heterocycles. The van der Waals surface area contributed by atoms with E-state index < -0.39 is 0 Å². The van der Waals surface area contributed by atoms with E-state index in [1.807, 2.05) is 40.7 Å². The predicted molar refractivity (Wildman–Crippen MR) is 72.7 cm³/mol. The Morgan fingerprint density at radius 2 is 1.89 bits per heavy atom. The van der Waals surface area contributed by atoms with Crippen molar-refractivity contribution in [3.05, 3.63) is 23.9 Å². The third kappa shape index (κ3) is 4.35. The van der Waals surface area contributed by atoms with E-state index in [1.54, 1.807) is 12.1 Å². The Hall–Kier alpha value is -1.58. The Morgan fingerprint density at radius 3 is 2.44 bits per heavy atom. The molecule has 0 aliphatic rings. The van der Waals surface area contributed by atoms with Gasteiger partial charge in [0.2, 0.25) is 0 Å². The van der Waals surface area contributed by atoms with E-state index in [2.05, 4.69) is 10.3 Å². The second kappa shape index (κ2) is 6.38. The molecule has 1 atom stereocenters. The summed E-state index contributed by atoms with van der Waals surface area (Å²) in [5.74, 6) is 0.617. The number of pyridine rings is 1. The van der Waals surface area contributed by atoms with Crippen LogP contribution in [0.3, 0.4) is 0 Å². The lowest BCUT2D eigenvalue weighted by Crippen LogP contribution is -2.21. The van der Waals surface area contributed by atoms with Crippen molar-refractivity contribution >= 4 is 11.8 Å². The number of ether oxygens (including phenoxy) is 1. The number of hydrogen-bond acceptors (Lipinski definition) is 4. The Kier molecular flexibility index (Phi) is 5.13. The SMILES string of the molecule is CC(C)Nc1cccc(C(=O)OC(C)C(C)C)n1. The number of anilines is 1. The fraction of sp³-hybridized carbons (Fsp3) is 0.571. The summed E-state index contributed by atoms with van der Waals surface area (Å²) in [4.78, 5) is 16.1. The molecule has 4 nitrogen and oxygen atoms in total. The molecule has 0 bridgehead atoms. The molecule has 0 amide bonds. The van der Waals surface area contributed by atoms with Crippen molar-refractivity contribution in [2.45, 2.75) is 46.8 Å². The van der Waals surface area contributed by atoms with Crippen LogP contribution >= 0.6 is 0 Å². The van der Waals surface area contributed by atoms with Gasteiger partial charge in [0, 0.05) is 6.04 Å². The zero-order valence-electron chi connectivity index (χ0n) is 11.7. The highest BCUT2D eigenvalue weighted by atomic mass is 16.5. The Balaban J connectivity index is 2.74. The van der Waals surface area contributed by atoms with E-state index in [1.165, 1.54) is 0 Å². The largest absolute Gasteiger partial charge is 0.458 e. The summed E-state index contributed by atoms with van der Waals surface area (Å²) < 4.78 is 5.33. The molecule has 0 aromatic carbocycles. The second-order valence-corrected chi connectivity index (χ2v) is 5.06. The molecule has 0 fully saturated rings. The van der Waals surface area contributed by atoms with Crippen LogP contribution in [0.2, 0.25) is 0 Å². The van der Waals surface area contributed by atoms with Crippen LogP contribution in [0.1, 0.15) is 45.1 Å². The summed E-state index contributed by atoms with van der Waals surface area (Å²) >= 11 is 0. The minimum atomic E-state index is -0.372. The van der Waals surface area contributed by atoms with Crippen molar-refractivity contribution in [2.75, 3.05) is 5.32 Å². The fourth-order valence-corrected chi connectivity index (χ4v) is 1.29. The standard InChI is InChI=1S/C14H22N2O2/c1-9(2)11(5)18-14(17)12-7-6-8-13(16-12)15-10(3)4/h6-11H,1-5H3,(H,15,16). The third-order valence-electron chi connectivity index (χ3n) is 2.63. The molecule has 100 valence electrons. The lowest BCUT2D eigenvalue weighted by atomic mass is 10.1. The van der Waals surface area contributed by atoms with E-state index in [0.29, 0.717) is 17.4 Å². The molecular formula is C14H22N2O2. The third-order valence-corrected chi connectivity index (χ3v) is 2.63. The lowest BCUT2D eigenvalue weighted by molar-refractivity contribution is 0.0231. The summed E-state index contributed by atoms with van der Waals surface area (Å²) in [5.41, 5.74) is 0.341. The normalized spacial score (nSPS) is 12.6. The van der Waals surface area contributed by atoms with E-state index in [0.717, 1.165) is 0 Å². The topological polar surface area (TPSA) is 51.2 Å². The molecule has 0 radical (unpaired) electrons. The number of rotatable bonds is 5. The van der Waals surface area contributed by atoms with Gasteiger partial charge in [0.25, 0.3) is 0 Å². The number of nitrogens with one attached hydrogen (secondary N) is 1. The van der Waals surface area contributed by atoms with Crippen LogP contribution in [0, 0.1) is 5.92 Å². The second-order valence-electron chi connectivity index (χ2n) is 5.06. The predicted octanol–water partition coefficient (Wildman–Crippen LogP) is 3.10. The maximum absolute atomic E-state index is 11.9. The smallest absolute Gasteiger partial charge is 0.357 e. The van der Waals surface area contributed by atoms with Crippen LogP contribution in [0.4, 0.5) is 5.82 Å². The zero-order chi connectivity index (χ0) is 13.7. The Bertz CT molecular complexity index is 403.